The van der Waals surface area contributed by atoms with E-state index in [2.05, 4.69) is 28.1 Å². The zero-order valence-corrected chi connectivity index (χ0v) is 32.1. The van der Waals surface area contributed by atoms with Crippen molar-refractivity contribution < 1.29 is 33.8 Å². The largest absolute Gasteiger partial charge is 0.481 e. The summed E-state index contributed by atoms with van der Waals surface area (Å²) in [4.78, 5) is 68.5. The lowest BCUT2D eigenvalue weighted by Gasteiger charge is -2.33. The number of fused-ring (bicyclic) bond motifs is 6. The summed E-state index contributed by atoms with van der Waals surface area (Å²) < 4.78 is 5.71. The molecular weight excluding hydrogens is 732 g/mol. The molecule has 4 aliphatic carbocycles. The number of alkyl halides is 1. The minimum atomic E-state index is -0.993. The Morgan fingerprint density at radius 1 is 0.839 bits per heavy atom. The van der Waals surface area contributed by atoms with Crippen LogP contribution in [0.3, 0.4) is 0 Å². The second-order valence-electron chi connectivity index (χ2n) is 16.7. The van der Waals surface area contributed by atoms with Gasteiger partial charge >= 0.3 is 12.1 Å². The molecule has 1 spiro atoms. The number of hydrogen-bond donors (Lipinski definition) is 4. The third-order valence-electron chi connectivity index (χ3n) is 13.4. The Hall–Kier alpha value is -5.42. The van der Waals surface area contributed by atoms with Gasteiger partial charge in [-0.3, -0.25) is 19.2 Å². The maximum absolute atomic E-state index is 14.2. The molecule has 5 aliphatic rings. The first-order valence-corrected chi connectivity index (χ1v) is 19.8. The molecule has 0 radical (unpaired) electrons. The Bertz CT molecular complexity index is 2340. The molecule has 3 fully saturated rings. The number of nitrogens with one attached hydrogen (secondary N) is 3. The minimum absolute atomic E-state index is 0.0717. The van der Waals surface area contributed by atoms with E-state index in [1.807, 2.05) is 60.7 Å². The molecular formula is C44H43ClN4O7. The minimum Gasteiger partial charge on any atom is -0.481 e. The molecule has 4 aromatic carbocycles. The first-order valence-electron chi connectivity index (χ1n) is 19.3. The van der Waals surface area contributed by atoms with E-state index in [-0.39, 0.29) is 36.1 Å². The molecule has 4 aromatic rings. The van der Waals surface area contributed by atoms with E-state index >= 15 is 0 Å². The summed E-state index contributed by atoms with van der Waals surface area (Å²) in [6, 6.07) is 23.5. The smallest absolute Gasteiger partial charge is 0.407 e. The first kappa shape index (κ1) is 36.2. The van der Waals surface area contributed by atoms with Crippen molar-refractivity contribution >= 4 is 63.5 Å². The molecule has 3 saturated carbocycles. The highest BCUT2D eigenvalue weighted by Crippen LogP contribution is 3.00. The summed E-state index contributed by atoms with van der Waals surface area (Å²) in [5, 5.41) is 19.9. The molecule has 1 aliphatic heterocycles. The monoisotopic (exact) mass is 774 g/mol. The third kappa shape index (κ3) is 5.12. The normalized spacial score (nSPS) is 25.7. The second-order valence-corrected chi connectivity index (χ2v) is 17.0. The predicted molar refractivity (Wildman–Crippen MR) is 212 cm³/mol. The molecule has 6 atom stereocenters. The van der Waals surface area contributed by atoms with Gasteiger partial charge in [-0.2, -0.15) is 0 Å². The Labute approximate surface area is 329 Å². The fraction of sp³-hybridized carbons (Fsp3) is 0.386. The Morgan fingerprint density at radius 3 is 2.07 bits per heavy atom. The summed E-state index contributed by atoms with van der Waals surface area (Å²) in [5.74, 6) is -2.22. The van der Waals surface area contributed by atoms with E-state index in [9.17, 15) is 29.1 Å². The fourth-order valence-electron chi connectivity index (χ4n) is 10.4. The number of carbonyl (C=O) groups is 5. The van der Waals surface area contributed by atoms with Crippen LogP contribution in [0, 0.1) is 22.2 Å². The van der Waals surface area contributed by atoms with Crippen LogP contribution in [0.2, 0.25) is 0 Å². The SMILES string of the molecule is CC(C)[C@H](NC(=O)OCC1c2ccccc2-c2ccccc21)C(=O)N[C@@H](C)C(=O)Nc1cc2c(c3ccccc13)[C@H](CCl)CN2C(=O)C12CC3(C(=O)O)C[C@@]31C2. The number of aliphatic carboxylic acids is 1. The lowest BCUT2D eigenvalue weighted by Crippen LogP contribution is -2.53. The number of rotatable bonds is 11. The van der Waals surface area contributed by atoms with Gasteiger partial charge in [0.15, 0.2) is 0 Å². The molecule has 0 aromatic heterocycles. The summed E-state index contributed by atoms with van der Waals surface area (Å²) in [5.41, 5.74) is 4.57. The van der Waals surface area contributed by atoms with Crippen molar-refractivity contribution in [2.75, 3.05) is 29.2 Å². The fourth-order valence-corrected chi connectivity index (χ4v) is 10.7. The van der Waals surface area contributed by atoms with Crippen molar-refractivity contribution in [3.05, 3.63) is 95.6 Å². The number of benzene rings is 4. The number of anilines is 2. The van der Waals surface area contributed by atoms with Gasteiger partial charge < -0.3 is 30.7 Å². The number of nitrogens with zero attached hydrogens (tertiary/aromatic N) is 1. The molecule has 4 amide bonds. The second kappa shape index (κ2) is 12.8. The van der Waals surface area contributed by atoms with Crippen LogP contribution in [0.4, 0.5) is 16.2 Å². The average molecular weight is 775 g/mol. The summed E-state index contributed by atoms with van der Waals surface area (Å²) in [6.45, 7) is 5.64. The van der Waals surface area contributed by atoms with Gasteiger partial charge in [0, 0.05) is 40.7 Å². The third-order valence-corrected chi connectivity index (χ3v) is 13.8. The average Bonchev–Trinajstić information content (AvgIpc) is 3.74. The molecule has 0 bridgehead atoms. The van der Waals surface area contributed by atoms with E-state index in [1.165, 1.54) is 0 Å². The van der Waals surface area contributed by atoms with Crippen molar-refractivity contribution in [2.45, 2.75) is 64.0 Å². The number of ether oxygens (including phenoxy) is 1. The highest BCUT2D eigenvalue weighted by Gasteiger charge is 3.01. The highest BCUT2D eigenvalue weighted by molar-refractivity contribution is 6.20. The van der Waals surface area contributed by atoms with Crippen LogP contribution in [-0.2, 0) is 23.9 Å². The van der Waals surface area contributed by atoms with Crippen molar-refractivity contribution in [1.29, 1.82) is 0 Å². The number of amides is 4. The van der Waals surface area contributed by atoms with Crippen molar-refractivity contribution in [3.63, 3.8) is 0 Å². The number of carboxylic acids is 1. The number of alkyl carbamates (subject to hydrolysis) is 1. The number of hydrogen-bond acceptors (Lipinski definition) is 6. The number of carboxylic acid groups (broad SMARTS) is 1. The molecule has 9 rings (SSSR count). The van der Waals surface area contributed by atoms with Gasteiger partial charge in [0.1, 0.15) is 18.7 Å². The van der Waals surface area contributed by atoms with E-state index in [0.717, 1.165) is 38.6 Å². The van der Waals surface area contributed by atoms with Crippen molar-refractivity contribution in [3.8, 4) is 11.1 Å². The summed E-state index contributed by atoms with van der Waals surface area (Å²) in [7, 11) is 0. The molecule has 12 heteroatoms. The number of halogens is 1. The summed E-state index contributed by atoms with van der Waals surface area (Å²) in [6.07, 6.45) is 0.755. The van der Waals surface area contributed by atoms with E-state index < -0.39 is 52.2 Å². The van der Waals surface area contributed by atoms with Crippen LogP contribution in [0.25, 0.3) is 21.9 Å². The lowest BCUT2D eigenvalue weighted by atomic mass is 9.73. The van der Waals surface area contributed by atoms with Gasteiger partial charge in [0.05, 0.1) is 16.5 Å². The van der Waals surface area contributed by atoms with Gasteiger partial charge in [-0.1, -0.05) is 86.6 Å². The standard InChI is InChI=1S/C44H43ClN4O7/c1-23(2)36(48-41(55)56-19-32-28-12-6-4-10-26(28)27-11-5-7-13-29(27)32)38(51)46-24(3)37(50)47-33-16-34-35(31-15-9-8-14-30(31)33)25(17-45)18-49(34)39(52)42-20-43(40(53)54)22-44(42,43)21-42/h4-16,23-25,32,36H,17-22H2,1-3H3,(H,46,51)(H,47,50)(H,48,55)(H,53,54)/t24-,25+,36-,42?,43?,44+/m0/s1. The molecule has 4 N–H and O–H groups in total. The molecule has 288 valence electrons. The molecule has 1 heterocycles. The molecule has 2 unspecified atom stereocenters. The number of carbonyl (C=O) groups excluding carboxylic acids is 4. The van der Waals surface area contributed by atoms with Crippen LogP contribution in [0.15, 0.2) is 78.9 Å². The highest BCUT2D eigenvalue weighted by atomic mass is 35.5. The van der Waals surface area contributed by atoms with E-state index in [4.69, 9.17) is 16.3 Å². The zero-order chi connectivity index (χ0) is 39.3. The zero-order valence-electron chi connectivity index (χ0n) is 31.4. The van der Waals surface area contributed by atoms with Crippen molar-refractivity contribution in [1.82, 2.24) is 10.6 Å². The Balaban J connectivity index is 0.884. The molecule has 0 saturated heterocycles. The quantitative estimate of drug-likeness (QED) is 0.123. The van der Waals surface area contributed by atoms with Crippen LogP contribution >= 0.6 is 11.6 Å². The molecule has 56 heavy (non-hydrogen) atoms. The van der Waals surface area contributed by atoms with Crippen LogP contribution in [0.1, 0.15) is 68.6 Å². The Morgan fingerprint density at radius 2 is 1.46 bits per heavy atom. The summed E-state index contributed by atoms with van der Waals surface area (Å²) >= 11 is 6.50. The van der Waals surface area contributed by atoms with Gasteiger partial charge in [-0.15, -0.1) is 11.6 Å². The van der Waals surface area contributed by atoms with Gasteiger partial charge in [0.2, 0.25) is 17.7 Å². The first-order chi connectivity index (χ1) is 26.9. The van der Waals surface area contributed by atoms with E-state index in [0.29, 0.717) is 37.2 Å². The van der Waals surface area contributed by atoms with Crippen LogP contribution < -0.4 is 20.9 Å². The van der Waals surface area contributed by atoms with E-state index in [1.54, 1.807) is 31.7 Å². The van der Waals surface area contributed by atoms with Gasteiger partial charge in [-0.05, 0) is 71.4 Å². The topological polar surface area (TPSA) is 154 Å². The Kier molecular flexibility index (Phi) is 8.29. The van der Waals surface area contributed by atoms with Gasteiger partial charge in [-0.25, -0.2) is 4.79 Å². The van der Waals surface area contributed by atoms with Crippen molar-refractivity contribution in [2.24, 2.45) is 22.2 Å². The maximum Gasteiger partial charge on any atom is 0.407 e. The van der Waals surface area contributed by atoms with Gasteiger partial charge in [0.25, 0.3) is 0 Å². The molecule has 11 nitrogen and oxygen atoms in total. The maximum atomic E-state index is 14.2. The van der Waals surface area contributed by atoms with Crippen LogP contribution in [0.5, 0.6) is 0 Å². The lowest BCUT2D eigenvalue weighted by molar-refractivity contribution is -0.150. The van der Waals surface area contributed by atoms with Crippen LogP contribution in [-0.4, -0.2) is 66.0 Å². The predicted octanol–water partition coefficient (Wildman–Crippen LogP) is 6.77.